The maximum Gasteiger partial charge on any atom is 0.161 e. The molecular formula is C19H22N4O2. The first-order chi connectivity index (χ1) is 12.1. The van der Waals surface area contributed by atoms with Crippen LogP contribution in [-0.2, 0) is 13.0 Å². The number of aromatic nitrogens is 3. The summed E-state index contributed by atoms with van der Waals surface area (Å²) in [7, 11) is 3.35. The van der Waals surface area contributed by atoms with Gasteiger partial charge in [-0.05, 0) is 43.5 Å². The molecule has 1 aromatic carbocycles. The summed E-state index contributed by atoms with van der Waals surface area (Å²) in [5.41, 5.74) is 5.67. The third-order valence-corrected chi connectivity index (χ3v) is 5.00. The van der Waals surface area contributed by atoms with Crippen LogP contribution in [0, 0.1) is 13.8 Å². The molecule has 0 aliphatic carbocycles. The first-order valence-electron chi connectivity index (χ1n) is 8.42. The number of rotatable bonds is 3. The van der Waals surface area contributed by atoms with Gasteiger partial charge in [0.05, 0.1) is 20.4 Å². The van der Waals surface area contributed by atoms with Crippen molar-refractivity contribution in [3.63, 3.8) is 0 Å². The molecule has 0 saturated heterocycles. The molecule has 0 bridgehead atoms. The first-order valence-corrected chi connectivity index (χ1v) is 8.42. The second-order valence-corrected chi connectivity index (χ2v) is 6.39. The SMILES string of the molecule is COc1cc2c(cc1OC)CN(c1c(C)c(C)nc3ccnn13)CC2. The van der Waals surface area contributed by atoms with E-state index in [0.717, 1.165) is 48.2 Å². The molecule has 3 aromatic rings. The molecule has 1 aliphatic rings. The molecule has 0 fully saturated rings. The molecule has 130 valence electrons. The van der Waals surface area contributed by atoms with Crippen molar-refractivity contribution in [1.29, 1.82) is 0 Å². The number of benzene rings is 1. The minimum atomic E-state index is 0.773. The van der Waals surface area contributed by atoms with Gasteiger partial charge in [0.1, 0.15) is 5.82 Å². The van der Waals surface area contributed by atoms with Gasteiger partial charge in [0.25, 0.3) is 0 Å². The summed E-state index contributed by atoms with van der Waals surface area (Å²) in [6.07, 6.45) is 2.76. The number of ether oxygens (including phenoxy) is 2. The van der Waals surface area contributed by atoms with Gasteiger partial charge in [-0.2, -0.15) is 9.61 Å². The highest BCUT2D eigenvalue weighted by Crippen LogP contribution is 2.35. The van der Waals surface area contributed by atoms with Crippen molar-refractivity contribution in [2.45, 2.75) is 26.8 Å². The smallest absolute Gasteiger partial charge is 0.161 e. The summed E-state index contributed by atoms with van der Waals surface area (Å²) in [6.45, 7) is 5.91. The highest BCUT2D eigenvalue weighted by atomic mass is 16.5. The van der Waals surface area contributed by atoms with Gasteiger partial charge in [0.15, 0.2) is 17.1 Å². The number of nitrogens with zero attached hydrogens (tertiary/aromatic N) is 4. The maximum atomic E-state index is 5.47. The van der Waals surface area contributed by atoms with Gasteiger partial charge in [-0.15, -0.1) is 0 Å². The van der Waals surface area contributed by atoms with E-state index in [9.17, 15) is 0 Å². The fourth-order valence-electron chi connectivity index (χ4n) is 3.56. The van der Waals surface area contributed by atoms with Crippen molar-refractivity contribution < 1.29 is 9.47 Å². The van der Waals surface area contributed by atoms with E-state index in [-0.39, 0.29) is 0 Å². The van der Waals surface area contributed by atoms with Crippen LogP contribution in [0.25, 0.3) is 5.65 Å². The molecule has 0 saturated carbocycles. The van der Waals surface area contributed by atoms with Crippen molar-refractivity contribution in [2.24, 2.45) is 0 Å². The molecule has 4 rings (SSSR count). The average Bonchev–Trinajstić information content (AvgIpc) is 3.08. The van der Waals surface area contributed by atoms with Crippen LogP contribution in [0.4, 0.5) is 5.82 Å². The summed E-state index contributed by atoms with van der Waals surface area (Å²) < 4.78 is 12.8. The van der Waals surface area contributed by atoms with E-state index >= 15 is 0 Å². The average molecular weight is 338 g/mol. The zero-order chi connectivity index (χ0) is 17.6. The Labute approximate surface area is 147 Å². The number of hydrogen-bond donors (Lipinski definition) is 0. The first kappa shape index (κ1) is 15.7. The van der Waals surface area contributed by atoms with E-state index in [1.165, 1.54) is 16.7 Å². The molecule has 3 heterocycles. The van der Waals surface area contributed by atoms with Gasteiger partial charge >= 0.3 is 0 Å². The van der Waals surface area contributed by atoms with Crippen LogP contribution in [0.3, 0.4) is 0 Å². The molecule has 6 nitrogen and oxygen atoms in total. The van der Waals surface area contributed by atoms with Gasteiger partial charge in [0, 0.05) is 30.4 Å². The minimum absolute atomic E-state index is 0.773. The molecule has 0 amide bonds. The van der Waals surface area contributed by atoms with Gasteiger partial charge in [-0.3, -0.25) is 0 Å². The Morgan fingerprint density at radius 2 is 1.76 bits per heavy atom. The Balaban J connectivity index is 1.79. The van der Waals surface area contributed by atoms with Gasteiger partial charge in [-0.25, -0.2) is 4.98 Å². The minimum Gasteiger partial charge on any atom is -0.493 e. The van der Waals surface area contributed by atoms with Gasteiger partial charge in [-0.1, -0.05) is 0 Å². The number of hydrogen-bond acceptors (Lipinski definition) is 5. The molecular weight excluding hydrogens is 316 g/mol. The third-order valence-electron chi connectivity index (χ3n) is 5.00. The molecule has 6 heteroatoms. The Kier molecular flexibility index (Phi) is 3.75. The summed E-state index contributed by atoms with van der Waals surface area (Å²) in [5.74, 6) is 2.68. The van der Waals surface area contributed by atoms with Gasteiger partial charge < -0.3 is 14.4 Å². The fraction of sp³-hybridized carbons (Fsp3) is 0.368. The zero-order valence-electron chi connectivity index (χ0n) is 15.0. The van der Waals surface area contributed by atoms with Crippen molar-refractivity contribution in [1.82, 2.24) is 14.6 Å². The Morgan fingerprint density at radius 3 is 2.48 bits per heavy atom. The molecule has 0 spiro atoms. The lowest BCUT2D eigenvalue weighted by Crippen LogP contribution is -2.33. The van der Waals surface area contributed by atoms with Crippen LogP contribution in [0.15, 0.2) is 24.4 Å². The molecule has 2 aromatic heterocycles. The van der Waals surface area contributed by atoms with Crippen LogP contribution in [0.1, 0.15) is 22.4 Å². The highest BCUT2D eigenvalue weighted by Gasteiger charge is 2.23. The van der Waals surface area contributed by atoms with Crippen molar-refractivity contribution in [3.05, 3.63) is 46.8 Å². The number of aryl methyl sites for hydroxylation is 1. The van der Waals surface area contributed by atoms with Crippen LogP contribution in [-0.4, -0.2) is 35.4 Å². The standard InChI is InChI=1S/C19H22N4O2/c1-12-13(2)21-18-5-7-20-23(18)19(12)22-8-6-14-9-16(24-3)17(25-4)10-15(14)11-22/h5,7,9-10H,6,8,11H2,1-4H3. The second-order valence-electron chi connectivity index (χ2n) is 6.39. The van der Waals surface area contributed by atoms with E-state index in [0.29, 0.717) is 0 Å². The normalized spacial score (nSPS) is 13.8. The summed E-state index contributed by atoms with van der Waals surface area (Å²) in [4.78, 5) is 7.00. The zero-order valence-corrected chi connectivity index (χ0v) is 15.0. The van der Waals surface area contributed by atoms with Crippen LogP contribution < -0.4 is 14.4 Å². The monoisotopic (exact) mass is 338 g/mol. The quantitative estimate of drug-likeness (QED) is 0.735. The third kappa shape index (κ3) is 2.49. The van der Waals surface area contributed by atoms with Crippen molar-refractivity contribution in [3.8, 4) is 11.5 Å². The molecule has 1 aliphatic heterocycles. The Bertz CT molecular complexity index is 948. The second kappa shape index (κ2) is 5.95. The molecule has 25 heavy (non-hydrogen) atoms. The van der Waals surface area contributed by atoms with Crippen LogP contribution >= 0.6 is 0 Å². The number of methoxy groups -OCH3 is 2. The van der Waals surface area contributed by atoms with Gasteiger partial charge in [0.2, 0.25) is 0 Å². The van der Waals surface area contributed by atoms with Crippen molar-refractivity contribution >= 4 is 11.5 Å². The van der Waals surface area contributed by atoms with Crippen molar-refractivity contribution in [2.75, 3.05) is 25.7 Å². The summed E-state index contributed by atoms with van der Waals surface area (Å²) >= 11 is 0. The number of anilines is 1. The van der Waals surface area contributed by atoms with E-state index in [1.54, 1.807) is 20.4 Å². The summed E-state index contributed by atoms with van der Waals surface area (Å²) in [6, 6.07) is 6.13. The molecule has 0 atom stereocenters. The largest absolute Gasteiger partial charge is 0.493 e. The lowest BCUT2D eigenvalue weighted by Gasteiger charge is -2.32. The Hall–Kier alpha value is -2.76. The van der Waals surface area contributed by atoms with Crippen LogP contribution in [0.2, 0.25) is 0 Å². The maximum absolute atomic E-state index is 5.47. The van der Waals surface area contributed by atoms with E-state index < -0.39 is 0 Å². The van der Waals surface area contributed by atoms with E-state index in [4.69, 9.17) is 9.47 Å². The predicted octanol–water partition coefficient (Wildman–Crippen LogP) is 2.93. The lowest BCUT2D eigenvalue weighted by atomic mass is 9.98. The van der Waals surface area contributed by atoms with Crippen LogP contribution in [0.5, 0.6) is 11.5 Å². The highest BCUT2D eigenvalue weighted by molar-refractivity contribution is 5.58. The van der Waals surface area contributed by atoms with E-state index in [2.05, 4.69) is 41.0 Å². The number of fused-ring (bicyclic) bond motifs is 2. The summed E-state index contributed by atoms with van der Waals surface area (Å²) in [5, 5.41) is 4.48. The van der Waals surface area contributed by atoms with E-state index in [1.807, 2.05) is 10.6 Å². The Morgan fingerprint density at radius 1 is 1.04 bits per heavy atom. The molecule has 0 unspecified atom stereocenters. The predicted molar refractivity (Wildman–Crippen MR) is 96.8 cm³/mol. The fourth-order valence-corrected chi connectivity index (χ4v) is 3.56. The molecule has 0 radical (unpaired) electrons. The molecule has 0 N–H and O–H groups in total. The topological polar surface area (TPSA) is 51.9 Å². The lowest BCUT2D eigenvalue weighted by molar-refractivity contribution is 0.353.